The molecule has 2 aromatic rings. The summed E-state index contributed by atoms with van der Waals surface area (Å²) in [6.45, 7) is 2.00. The van der Waals surface area contributed by atoms with E-state index < -0.39 is 29.9 Å². The van der Waals surface area contributed by atoms with Crippen LogP contribution in [0.2, 0.25) is 0 Å². The summed E-state index contributed by atoms with van der Waals surface area (Å²) in [5.41, 5.74) is 0.290. The molecule has 10 heteroatoms. The van der Waals surface area contributed by atoms with Crippen LogP contribution >= 0.6 is 0 Å². The Labute approximate surface area is 163 Å². The first-order valence-corrected chi connectivity index (χ1v) is 9.05. The maximum Gasteiger partial charge on any atom is 0.416 e. The average molecular weight is 406 g/mol. The fourth-order valence-corrected chi connectivity index (χ4v) is 3.65. The maximum absolute atomic E-state index is 13.6. The zero-order valence-electron chi connectivity index (χ0n) is 15.3. The Morgan fingerprint density at radius 2 is 2.03 bits per heavy atom. The van der Waals surface area contributed by atoms with Gasteiger partial charge in [-0.3, -0.25) is 15.1 Å². The van der Waals surface area contributed by atoms with Gasteiger partial charge in [0.2, 0.25) is 5.91 Å². The van der Waals surface area contributed by atoms with E-state index in [1.807, 2.05) is 0 Å². The number of carbonyl (C=O) groups excluding carboxylic acids is 2. The molecule has 0 spiro atoms. The van der Waals surface area contributed by atoms with Gasteiger partial charge in [-0.15, -0.1) is 0 Å². The van der Waals surface area contributed by atoms with Crippen LogP contribution in [-0.2, 0) is 15.7 Å². The standard InChI is InChI=1S/C19H17F3N4O3/c1-9-16-12(3-5-24-17(16)26-18(28)29-9)14-8-11(19(20,21)22)7-13(25-14)10-2-4-23-15(27)6-10/h3,5,7-10H,2,4,6H2,1H3,(H,23,27)(H,24,26,28). The number of hydrogen-bond donors (Lipinski definition) is 2. The SMILES string of the molecule is CC1OC(=O)Nc2nccc(-c3cc(C(F)(F)F)cc(C4CCNC(=O)C4)n3)c21. The maximum atomic E-state index is 13.6. The third-order valence-electron chi connectivity index (χ3n) is 5.01. The smallest absolute Gasteiger partial charge is 0.416 e. The van der Waals surface area contributed by atoms with Gasteiger partial charge in [0, 0.05) is 41.9 Å². The predicted octanol–water partition coefficient (Wildman–Crippen LogP) is 3.78. The number of fused-ring (bicyclic) bond motifs is 1. The fourth-order valence-electron chi connectivity index (χ4n) is 3.65. The number of alkyl halides is 3. The highest BCUT2D eigenvalue weighted by Gasteiger charge is 2.34. The van der Waals surface area contributed by atoms with Gasteiger partial charge in [0.25, 0.3) is 0 Å². The van der Waals surface area contributed by atoms with Crippen LogP contribution in [0.3, 0.4) is 0 Å². The van der Waals surface area contributed by atoms with Crippen molar-refractivity contribution >= 4 is 17.8 Å². The van der Waals surface area contributed by atoms with Crippen molar-refractivity contribution in [1.82, 2.24) is 15.3 Å². The highest BCUT2D eigenvalue weighted by atomic mass is 19.4. The molecule has 152 valence electrons. The fraction of sp³-hybridized carbons (Fsp3) is 0.368. The molecule has 2 unspecified atom stereocenters. The van der Waals surface area contributed by atoms with Gasteiger partial charge < -0.3 is 10.1 Å². The lowest BCUT2D eigenvalue weighted by Crippen LogP contribution is -2.33. The summed E-state index contributed by atoms with van der Waals surface area (Å²) in [6.07, 6.45) is -3.99. The van der Waals surface area contributed by atoms with Crippen molar-refractivity contribution in [2.45, 2.75) is 38.0 Å². The molecule has 29 heavy (non-hydrogen) atoms. The van der Waals surface area contributed by atoms with Crippen LogP contribution in [0.1, 0.15) is 48.6 Å². The minimum atomic E-state index is -4.58. The zero-order chi connectivity index (χ0) is 20.8. The molecule has 2 N–H and O–H groups in total. The first-order valence-electron chi connectivity index (χ1n) is 9.05. The van der Waals surface area contributed by atoms with E-state index >= 15 is 0 Å². The molecule has 2 aromatic heterocycles. The number of nitrogens with one attached hydrogen (secondary N) is 2. The number of piperidine rings is 1. The van der Waals surface area contributed by atoms with Crippen molar-refractivity contribution in [2.75, 3.05) is 11.9 Å². The van der Waals surface area contributed by atoms with Crippen molar-refractivity contribution in [3.05, 3.63) is 41.2 Å². The zero-order valence-corrected chi connectivity index (χ0v) is 15.3. The van der Waals surface area contributed by atoms with Gasteiger partial charge in [-0.1, -0.05) is 0 Å². The third-order valence-corrected chi connectivity index (χ3v) is 5.01. The average Bonchev–Trinajstić information content (AvgIpc) is 2.66. The summed E-state index contributed by atoms with van der Waals surface area (Å²) in [7, 11) is 0. The van der Waals surface area contributed by atoms with Crippen LogP contribution in [0.15, 0.2) is 24.4 Å². The number of carbonyl (C=O) groups is 2. The van der Waals surface area contributed by atoms with Crippen molar-refractivity contribution < 1.29 is 27.5 Å². The van der Waals surface area contributed by atoms with Crippen molar-refractivity contribution in [1.29, 1.82) is 0 Å². The first-order chi connectivity index (χ1) is 13.7. The van der Waals surface area contributed by atoms with Gasteiger partial charge in [-0.25, -0.2) is 9.78 Å². The van der Waals surface area contributed by atoms with Gasteiger partial charge in [0.15, 0.2) is 0 Å². The lowest BCUT2D eigenvalue weighted by Gasteiger charge is -2.26. The van der Waals surface area contributed by atoms with Crippen LogP contribution in [-0.4, -0.2) is 28.5 Å². The van der Waals surface area contributed by atoms with E-state index in [-0.39, 0.29) is 29.5 Å². The molecule has 0 radical (unpaired) electrons. The molecular formula is C19H17F3N4O3. The molecule has 1 saturated heterocycles. The quantitative estimate of drug-likeness (QED) is 0.792. The van der Waals surface area contributed by atoms with Crippen LogP contribution < -0.4 is 10.6 Å². The molecule has 0 bridgehead atoms. The minimum Gasteiger partial charge on any atom is -0.441 e. The Morgan fingerprint density at radius 3 is 2.76 bits per heavy atom. The van der Waals surface area contributed by atoms with E-state index in [9.17, 15) is 22.8 Å². The summed E-state index contributed by atoms with van der Waals surface area (Å²) >= 11 is 0. The summed E-state index contributed by atoms with van der Waals surface area (Å²) in [5, 5.41) is 5.12. The number of rotatable bonds is 2. The van der Waals surface area contributed by atoms with Gasteiger partial charge in [0.05, 0.1) is 11.3 Å². The molecule has 2 aliphatic rings. The second-order valence-electron chi connectivity index (χ2n) is 7.00. The molecule has 0 aliphatic carbocycles. The number of cyclic esters (lactones) is 1. The molecule has 2 amide bonds. The Morgan fingerprint density at radius 1 is 1.24 bits per heavy atom. The molecule has 2 atom stereocenters. The summed E-state index contributed by atoms with van der Waals surface area (Å²) in [4.78, 5) is 31.9. The molecule has 0 aromatic carbocycles. The summed E-state index contributed by atoms with van der Waals surface area (Å²) < 4.78 is 45.9. The number of ether oxygens (including phenoxy) is 1. The number of hydrogen-bond acceptors (Lipinski definition) is 5. The van der Waals surface area contributed by atoms with Gasteiger partial charge in [-0.2, -0.15) is 13.2 Å². The van der Waals surface area contributed by atoms with E-state index in [1.54, 1.807) is 6.92 Å². The van der Waals surface area contributed by atoms with Gasteiger partial charge in [0.1, 0.15) is 11.9 Å². The second-order valence-corrected chi connectivity index (χ2v) is 7.00. The molecule has 4 heterocycles. The Hall–Kier alpha value is -3.17. The van der Waals surface area contributed by atoms with E-state index in [1.165, 1.54) is 12.3 Å². The number of anilines is 1. The van der Waals surface area contributed by atoms with Crippen molar-refractivity contribution in [3.63, 3.8) is 0 Å². The monoisotopic (exact) mass is 406 g/mol. The Balaban J connectivity index is 1.86. The van der Waals surface area contributed by atoms with Gasteiger partial charge >= 0.3 is 12.3 Å². The molecular weight excluding hydrogens is 389 g/mol. The molecule has 2 aliphatic heterocycles. The Kier molecular flexibility index (Phi) is 4.64. The second kappa shape index (κ2) is 7.02. The third kappa shape index (κ3) is 3.74. The van der Waals surface area contributed by atoms with Crippen molar-refractivity contribution in [3.8, 4) is 11.3 Å². The number of halogens is 3. The number of aromatic nitrogens is 2. The molecule has 4 rings (SSSR count). The number of nitrogens with zero attached hydrogens (tertiary/aromatic N) is 2. The van der Waals surface area contributed by atoms with Crippen LogP contribution in [0.25, 0.3) is 11.3 Å². The number of amides is 2. The summed E-state index contributed by atoms with van der Waals surface area (Å²) in [5.74, 6) is -0.395. The lowest BCUT2D eigenvalue weighted by molar-refractivity contribution is -0.137. The van der Waals surface area contributed by atoms with E-state index in [0.29, 0.717) is 24.1 Å². The minimum absolute atomic E-state index is 0.0811. The Bertz CT molecular complexity index is 993. The van der Waals surface area contributed by atoms with E-state index in [2.05, 4.69) is 20.6 Å². The van der Waals surface area contributed by atoms with E-state index in [0.717, 1.165) is 12.1 Å². The normalized spacial score (nSPS) is 21.7. The van der Waals surface area contributed by atoms with Crippen LogP contribution in [0.5, 0.6) is 0 Å². The van der Waals surface area contributed by atoms with Gasteiger partial charge in [-0.05, 0) is 31.5 Å². The molecule has 1 fully saturated rings. The highest BCUT2D eigenvalue weighted by Crippen LogP contribution is 2.40. The van der Waals surface area contributed by atoms with Crippen LogP contribution in [0, 0.1) is 0 Å². The lowest BCUT2D eigenvalue weighted by atomic mass is 9.91. The molecule has 7 nitrogen and oxygen atoms in total. The van der Waals surface area contributed by atoms with Crippen LogP contribution in [0.4, 0.5) is 23.8 Å². The first kappa shape index (κ1) is 19.2. The topological polar surface area (TPSA) is 93.2 Å². The summed E-state index contributed by atoms with van der Waals surface area (Å²) in [6, 6.07) is 3.50. The largest absolute Gasteiger partial charge is 0.441 e. The molecule has 0 saturated carbocycles. The van der Waals surface area contributed by atoms with Crippen molar-refractivity contribution in [2.24, 2.45) is 0 Å². The predicted molar refractivity (Wildman–Crippen MR) is 96.0 cm³/mol. The van der Waals surface area contributed by atoms with E-state index in [4.69, 9.17) is 4.74 Å². The highest BCUT2D eigenvalue weighted by molar-refractivity contribution is 5.89. The number of pyridine rings is 2.